The Hall–Kier alpha value is -1.78. The lowest BCUT2D eigenvalue weighted by Gasteiger charge is -2.14. The first kappa shape index (κ1) is 14.2. The number of hydrogen-bond acceptors (Lipinski definition) is 2. The number of benzene rings is 2. The molecule has 1 fully saturated rings. The van der Waals surface area contributed by atoms with Crippen LogP contribution in [0.3, 0.4) is 0 Å². The zero-order valence-corrected chi connectivity index (χ0v) is 11.6. The van der Waals surface area contributed by atoms with Gasteiger partial charge in [-0.05, 0) is 41.8 Å². The number of nitrogens with one attached hydrogen (secondary N) is 1. The maximum absolute atomic E-state index is 13.4. The van der Waals surface area contributed by atoms with Gasteiger partial charge in [-0.1, -0.05) is 30.3 Å². The Morgan fingerprint density at radius 1 is 1.10 bits per heavy atom. The first-order valence-corrected chi connectivity index (χ1v) is 7.09. The number of hydrogen-bond donors (Lipinski definition) is 1. The van der Waals surface area contributed by atoms with Crippen molar-refractivity contribution in [2.24, 2.45) is 0 Å². The molecule has 21 heavy (non-hydrogen) atoms. The molecule has 0 spiro atoms. The minimum atomic E-state index is -0.830. The van der Waals surface area contributed by atoms with Gasteiger partial charge in [-0.15, -0.1) is 0 Å². The summed E-state index contributed by atoms with van der Waals surface area (Å²) >= 11 is 0. The third-order valence-electron chi connectivity index (χ3n) is 3.74. The van der Waals surface area contributed by atoms with E-state index in [0.717, 1.165) is 36.7 Å². The lowest BCUT2D eigenvalue weighted by Crippen LogP contribution is -2.16. The van der Waals surface area contributed by atoms with Gasteiger partial charge < -0.3 is 10.1 Å². The van der Waals surface area contributed by atoms with E-state index in [1.54, 1.807) is 6.07 Å². The number of ether oxygens (including phenoxy) is 1. The van der Waals surface area contributed by atoms with Gasteiger partial charge in [0, 0.05) is 6.54 Å². The summed E-state index contributed by atoms with van der Waals surface area (Å²) in [6.45, 7) is 2.32. The molecule has 0 amide bonds. The van der Waals surface area contributed by atoms with Crippen LogP contribution in [-0.2, 0) is 11.3 Å². The molecular weight excluding hydrogens is 272 g/mol. The maximum Gasteiger partial charge on any atom is 0.159 e. The molecule has 3 rings (SSSR count). The van der Waals surface area contributed by atoms with Crippen LogP contribution in [0.25, 0.3) is 11.1 Å². The predicted molar refractivity (Wildman–Crippen MR) is 77.9 cm³/mol. The minimum Gasteiger partial charge on any atom is -0.372 e. The van der Waals surface area contributed by atoms with E-state index >= 15 is 0 Å². The zero-order chi connectivity index (χ0) is 14.7. The van der Waals surface area contributed by atoms with Crippen LogP contribution in [0.2, 0.25) is 0 Å². The molecule has 1 atom stereocenters. The first-order valence-electron chi connectivity index (χ1n) is 7.09. The van der Waals surface area contributed by atoms with E-state index in [4.69, 9.17) is 4.74 Å². The van der Waals surface area contributed by atoms with Crippen LogP contribution in [0.15, 0.2) is 42.5 Å². The normalized spacial score (nSPS) is 18.1. The number of halogens is 2. The molecule has 1 saturated heterocycles. The molecule has 2 nitrogen and oxygen atoms in total. The lowest BCUT2D eigenvalue weighted by atomic mass is 10.00. The van der Waals surface area contributed by atoms with Crippen molar-refractivity contribution < 1.29 is 13.5 Å². The SMILES string of the molecule is Fc1ccc(-c2ccccc2COC2CCNC2)cc1F. The Morgan fingerprint density at radius 2 is 1.95 bits per heavy atom. The average Bonchev–Trinajstić information content (AvgIpc) is 3.02. The summed E-state index contributed by atoms with van der Waals surface area (Å²) in [5, 5.41) is 3.25. The number of rotatable bonds is 4. The molecular formula is C17H17F2NO. The molecule has 4 heteroatoms. The van der Waals surface area contributed by atoms with E-state index < -0.39 is 11.6 Å². The topological polar surface area (TPSA) is 21.3 Å². The van der Waals surface area contributed by atoms with Crippen LogP contribution in [0, 0.1) is 11.6 Å². The standard InChI is InChI=1S/C17H17F2NO/c18-16-6-5-12(9-17(16)19)15-4-2-1-3-13(15)11-21-14-7-8-20-10-14/h1-6,9,14,20H,7-8,10-11H2. The Balaban J connectivity index is 1.82. The zero-order valence-electron chi connectivity index (χ0n) is 11.6. The van der Waals surface area contributed by atoms with Crippen LogP contribution in [0.5, 0.6) is 0 Å². The molecule has 0 saturated carbocycles. The van der Waals surface area contributed by atoms with Crippen LogP contribution >= 0.6 is 0 Å². The van der Waals surface area contributed by atoms with E-state index in [2.05, 4.69) is 5.32 Å². The van der Waals surface area contributed by atoms with Crippen molar-refractivity contribution in [3.63, 3.8) is 0 Å². The average molecular weight is 289 g/mol. The summed E-state index contributed by atoms with van der Waals surface area (Å²) in [5.41, 5.74) is 2.52. The first-order chi connectivity index (χ1) is 10.2. The van der Waals surface area contributed by atoms with Crippen molar-refractivity contribution in [3.8, 4) is 11.1 Å². The van der Waals surface area contributed by atoms with E-state index in [9.17, 15) is 8.78 Å². The van der Waals surface area contributed by atoms with Crippen molar-refractivity contribution >= 4 is 0 Å². The van der Waals surface area contributed by atoms with Gasteiger partial charge >= 0.3 is 0 Å². The summed E-state index contributed by atoms with van der Waals surface area (Å²) in [7, 11) is 0. The molecule has 0 bridgehead atoms. The highest BCUT2D eigenvalue weighted by Gasteiger charge is 2.15. The van der Waals surface area contributed by atoms with E-state index in [1.807, 2.05) is 24.3 Å². The molecule has 1 N–H and O–H groups in total. The Labute approximate surface area is 122 Å². The molecule has 1 unspecified atom stereocenters. The van der Waals surface area contributed by atoms with Crippen LogP contribution in [0.1, 0.15) is 12.0 Å². The monoisotopic (exact) mass is 289 g/mol. The van der Waals surface area contributed by atoms with Gasteiger partial charge in [0.15, 0.2) is 11.6 Å². The summed E-state index contributed by atoms with van der Waals surface area (Å²) in [6, 6.07) is 11.6. The molecule has 1 heterocycles. The second-order valence-electron chi connectivity index (χ2n) is 5.21. The smallest absolute Gasteiger partial charge is 0.159 e. The van der Waals surface area contributed by atoms with E-state index in [-0.39, 0.29) is 6.10 Å². The second-order valence-corrected chi connectivity index (χ2v) is 5.21. The highest BCUT2D eigenvalue weighted by molar-refractivity contribution is 5.67. The second kappa shape index (κ2) is 6.33. The molecule has 110 valence electrons. The Bertz CT molecular complexity index is 624. The fourth-order valence-electron chi connectivity index (χ4n) is 2.57. The molecule has 1 aliphatic heterocycles. The Morgan fingerprint density at radius 3 is 2.71 bits per heavy atom. The third kappa shape index (κ3) is 3.28. The van der Waals surface area contributed by atoms with Gasteiger partial charge in [0.05, 0.1) is 12.7 Å². The summed E-state index contributed by atoms with van der Waals surface area (Å²) in [5.74, 6) is -1.66. The minimum absolute atomic E-state index is 0.225. The van der Waals surface area contributed by atoms with Gasteiger partial charge in [-0.25, -0.2) is 8.78 Å². The van der Waals surface area contributed by atoms with Crippen molar-refractivity contribution in [2.75, 3.05) is 13.1 Å². The fourth-order valence-corrected chi connectivity index (χ4v) is 2.57. The van der Waals surface area contributed by atoms with Crippen molar-refractivity contribution in [1.82, 2.24) is 5.32 Å². The largest absolute Gasteiger partial charge is 0.372 e. The molecule has 0 aliphatic carbocycles. The van der Waals surface area contributed by atoms with Crippen LogP contribution in [-0.4, -0.2) is 19.2 Å². The van der Waals surface area contributed by atoms with Crippen molar-refractivity contribution in [3.05, 3.63) is 59.7 Å². The Kier molecular flexibility index (Phi) is 4.27. The van der Waals surface area contributed by atoms with Crippen molar-refractivity contribution in [1.29, 1.82) is 0 Å². The summed E-state index contributed by atoms with van der Waals surface area (Å²) in [4.78, 5) is 0. The quantitative estimate of drug-likeness (QED) is 0.930. The van der Waals surface area contributed by atoms with E-state index in [1.165, 1.54) is 6.07 Å². The van der Waals surface area contributed by atoms with Gasteiger partial charge in [-0.3, -0.25) is 0 Å². The fraction of sp³-hybridized carbons (Fsp3) is 0.294. The van der Waals surface area contributed by atoms with Gasteiger partial charge in [0.2, 0.25) is 0 Å². The molecule has 2 aromatic rings. The van der Waals surface area contributed by atoms with Gasteiger partial charge in [-0.2, -0.15) is 0 Å². The van der Waals surface area contributed by atoms with Crippen molar-refractivity contribution in [2.45, 2.75) is 19.1 Å². The molecule has 0 radical (unpaired) electrons. The van der Waals surface area contributed by atoms with E-state index in [0.29, 0.717) is 12.2 Å². The molecule has 2 aromatic carbocycles. The lowest BCUT2D eigenvalue weighted by molar-refractivity contribution is 0.0545. The van der Waals surface area contributed by atoms with Gasteiger partial charge in [0.25, 0.3) is 0 Å². The molecule has 1 aliphatic rings. The van der Waals surface area contributed by atoms with Crippen LogP contribution in [0.4, 0.5) is 8.78 Å². The maximum atomic E-state index is 13.4. The summed E-state index contributed by atoms with van der Waals surface area (Å²) < 4.78 is 32.3. The van der Waals surface area contributed by atoms with Crippen LogP contribution < -0.4 is 5.32 Å². The predicted octanol–water partition coefficient (Wildman–Crippen LogP) is 3.51. The summed E-state index contributed by atoms with van der Waals surface area (Å²) in [6.07, 6.45) is 1.23. The molecule has 0 aromatic heterocycles. The highest BCUT2D eigenvalue weighted by Crippen LogP contribution is 2.26. The highest BCUT2D eigenvalue weighted by atomic mass is 19.2. The third-order valence-corrected chi connectivity index (χ3v) is 3.74. The van der Waals surface area contributed by atoms with Gasteiger partial charge in [0.1, 0.15) is 0 Å².